The highest BCUT2D eigenvalue weighted by molar-refractivity contribution is 6.32. The Morgan fingerprint density at radius 2 is 2.11 bits per heavy atom. The van der Waals surface area contributed by atoms with Crippen molar-refractivity contribution in [2.75, 3.05) is 26.4 Å². The summed E-state index contributed by atoms with van der Waals surface area (Å²) in [6, 6.07) is 8.08. The van der Waals surface area contributed by atoms with Crippen LogP contribution < -0.4 is 10.1 Å². The number of para-hydroxylation sites is 1. The van der Waals surface area contributed by atoms with E-state index in [0.717, 1.165) is 38.3 Å². The molecule has 1 aromatic carbocycles. The predicted molar refractivity (Wildman–Crippen MR) is 78.0 cm³/mol. The Hall–Kier alpha value is -0.770. The van der Waals surface area contributed by atoms with Crippen molar-refractivity contribution in [1.29, 1.82) is 0 Å². The molecule has 1 aliphatic heterocycles. The van der Waals surface area contributed by atoms with Crippen LogP contribution in [0.2, 0.25) is 5.02 Å². The molecule has 106 valence electrons. The van der Waals surface area contributed by atoms with E-state index >= 15 is 0 Å². The molecule has 0 spiro atoms. The first-order valence-electron chi connectivity index (χ1n) is 6.96. The number of hydrogen-bond donors (Lipinski definition) is 1. The number of hydrogen-bond acceptors (Lipinski definition) is 3. The van der Waals surface area contributed by atoms with Crippen LogP contribution in [0.4, 0.5) is 0 Å². The summed E-state index contributed by atoms with van der Waals surface area (Å²) in [6.45, 7) is 5.51. The van der Waals surface area contributed by atoms with Gasteiger partial charge >= 0.3 is 0 Å². The minimum absolute atomic E-state index is 0.513. The van der Waals surface area contributed by atoms with Gasteiger partial charge in [-0.15, -0.1) is 0 Å². The minimum atomic E-state index is 0.513. The van der Waals surface area contributed by atoms with Crippen LogP contribution >= 0.6 is 11.6 Å². The summed E-state index contributed by atoms with van der Waals surface area (Å²) in [5.41, 5.74) is 0. The molecule has 0 amide bonds. The van der Waals surface area contributed by atoms with Gasteiger partial charge in [-0.3, -0.25) is 0 Å². The van der Waals surface area contributed by atoms with E-state index in [1.54, 1.807) is 0 Å². The maximum Gasteiger partial charge on any atom is 0.137 e. The molecule has 1 atom stereocenters. The number of ether oxygens (including phenoxy) is 2. The molecule has 0 radical (unpaired) electrons. The minimum Gasteiger partial charge on any atom is -0.491 e. The van der Waals surface area contributed by atoms with Crippen LogP contribution in [0.3, 0.4) is 0 Å². The van der Waals surface area contributed by atoms with Crippen LogP contribution in [-0.4, -0.2) is 32.4 Å². The molecule has 1 saturated heterocycles. The third-order valence-electron chi connectivity index (χ3n) is 3.64. The van der Waals surface area contributed by atoms with Crippen LogP contribution in [0.15, 0.2) is 24.3 Å². The number of rotatable bonds is 6. The van der Waals surface area contributed by atoms with E-state index in [9.17, 15) is 0 Å². The molecule has 0 aromatic heterocycles. The Morgan fingerprint density at radius 1 is 1.37 bits per heavy atom. The van der Waals surface area contributed by atoms with Crippen molar-refractivity contribution in [3.05, 3.63) is 29.3 Å². The van der Waals surface area contributed by atoms with Crippen LogP contribution in [0.25, 0.3) is 0 Å². The highest BCUT2D eigenvalue weighted by Crippen LogP contribution is 2.23. The molecule has 0 saturated carbocycles. The van der Waals surface area contributed by atoms with Crippen molar-refractivity contribution in [2.45, 2.75) is 25.8 Å². The van der Waals surface area contributed by atoms with E-state index in [4.69, 9.17) is 21.1 Å². The van der Waals surface area contributed by atoms with Crippen LogP contribution in [0.1, 0.15) is 19.8 Å². The molecule has 1 N–H and O–H groups in total. The summed E-state index contributed by atoms with van der Waals surface area (Å²) >= 11 is 6.03. The Morgan fingerprint density at radius 3 is 2.84 bits per heavy atom. The first kappa shape index (κ1) is 14.6. The molecule has 2 rings (SSSR count). The van der Waals surface area contributed by atoms with E-state index in [-0.39, 0.29) is 0 Å². The molecule has 0 bridgehead atoms. The third-order valence-corrected chi connectivity index (χ3v) is 3.95. The molecular formula is C15H22ClNO2. The predicted octanol–water partition coefficient (Wildman–Crippen LogP) is 3.12. The fourth-order valence-corrected chi connectivity index (χ4v) is 2.58. The Kier molecular flexibility index (Phi) is 5.95. The zero-order valence-electron chi connectivity index (χ0n) is 11.4. The first-order valence-corrected chi connectivity index (χ1v) is 7.33. The Bertz CT molecular complexity index is 380. The van der Waals surface area contributed by atoms with Gasteiger partial charge in [-0.25, -0.2) is 0 Å². The van der Waals surface area contributed by atoms with Gasteiger partial charge in [0.05, 0.1) is 5.02 Å². The molecule has 4 heteroatoms. The third kappa shape index (κ3) is 4.68. The Labute approximate surface area is 120 Å². The van der Waals surface area contributed by atoms with Crippen molar-refractivity contribution in [1.82, 2.24) is 5.32 Å². The van der Waals surface area contributed by atoms with Gasteiger partial charge in [0, 0.05) is 25.8 Å². The van der Waals surface area contributed by atoms with Crippen LogP contribution in [-0.2, 0) is 4.74 Å². The van der Waals surface area contributed by atoms with E-state index in [0.29, 0.717) is 23.6 Å². The van der Waals surface area contributed by atoms with Crippen molar-refractivity contribution in [3.63, 3.8) is 0 Å². The first-order chi connectivity index (χ1) is 9.27. The van der Waals surface area contributed by atoms with E-state index in [1.807, 2.05) is 24.3 Å². The summed E-state index contributed by atoms with van der Waals surface area (Å²) in [7, 11) is 0. The molecule has 1 aromatic rings. The van der Waals surface area contributed by atoms with Crippen LogP contribution in [0.5, 0.6) is 5.75 Å². The maximum atomic E-state index is 6.03. The van der Waals surface area contributed by atoms with Crippen molar-refractivity contribution >= 4 is 11.6 Å². The molecule has 1 fully saturated rings. The lowest BCUT2D eigenvalue weighted by Gasteiger charge is -2.28. The summed E-state index contributed by atoms with van der Waals surface area (Å²) in [5.74, 6) is 1.47. The normalized spacial score (nSPS) is 18.2. The van der Waals surface area contributed by atoms with Crippen molar-refractivity contribution < 1.29 is 9.47 Å². The fourth-order valence-electron chi connectivity index (χ4n) is 2.39. The molecule has 19 heavy (non-hydrogen) atoms. The zero-order valence-corrected chi connectivity index (χ0v) is 12.2. The van der Waals surface area contributed by atoms with Crippen LogP contribution in [0, 0.1) is 5.92 Å². The highest BCUT2D eigenvalue weighted by Gasteiger charge is 2.19. The summed E-state index contributed by atoms with van der Waals surface area (Å²) in [4.78, 5) is 0. The smallest absolute Gasteiger partial charge is 0.137 e. The summed E-state index contributed by atoms with van der Waals surface area (Å²) in [5, 5.41) is 4.19. The average molecular weight is 284 g/mol. The second kappa shape index (κ2) is 7.73. The highest BCUT2D eigenvalue weighted by atomic mass is 35.5. The van der Waals surface area contributed by atoms with E-state index in [1.165, 1.54) is 0 Å². The van der Waals surface area contributed by atoms with Gasteiger partial charge in [0.25, 0.3) is 0 Å². The summed E-state index contributed by atoms with van der Waals surface area (Å²) in [6.07, 6.45) is 2.30. The maximum absolute atomic E-state index is 6.03. The van der Waals surface area contributed by atoms with Crippen molar-refractivity contribution in [2.24, 2.45) is 5.92 Å². The lowest BCUT2D eigenvalue weighted by atomic mass is 9.93. The van der Waals surface area contributed by atoms with Gasteiger partial charge in [-0.1, -0.05) is 23.7 Å². The monoisotopic (exact) mass is 283 g/mol. The molecular weight excluding hydrogens is 262 g/mol. The second-order valence-corrected chi connectivity index (χ2v) is 5.38. The molecule has 0 unspecified atom stereocenters. The standard InChI is InChI=1S/C15H22ClNO2/c1-12(13-6-9-18-10-7-13)17-8-11-19-15-5-3-2-4-14(15)16/h2-5,12-13,17H,6-11H2,1H3/t12-/m1/s1. The lowest BCUT2D eigenvalue weighted by molar-refractivity contribution is 0.0556. The molecule has 3 nitrogen and oxygen atoms in total. The van der Waals surface area contributed by atoms with Gasteiger partial charge in [-0.2, -0.15) is 0 Å². The number of halogens is 1. The molecule has 0 aliphatic carbocycles. The van der Waals surface area contributed by atoms with Gasteiger partial charge in [0.15, 0.2) is 0 Å². The summed E-state index contributed by atoms with van der Waals surface area (Å²) < 4.78 is 11.0. The van der Waals surface area contributed by atoms with Gasteiger partial charge < -0.3 is 14.8 Å². The van der Waals surface area contributed by atoms with Crippen molar-refractivity contribution in [3.8, 4) is 5.75 Å². The number of nitrogens with one attached hydrogen (secondary N) is 1. The topological polar surface area (TPSA) is 30.5 Å². The Balaban J connectivity index is 1.65. The largest absolute Gasteiger partial charge is 0.491 e. The van der Waals surface area contributed by atoms with E-state index in [2.05, 4.69) is 12.2 Å². The number of benzene rings is 1. The molecule has 1 aliphatic rings. The van der Waals surface area contributed by atoms with Gasteiger partial charge in [0.1, 0.15) is 12.4 Å². The van der Waals surface area contributed by atoms with E-state index < -0.39 is 0 Å². The zero-order chi connectivity index (χ0) is 13.5. The van der Waals surface area contributed by atoms with Gasteiger partial charge in [-0.05, 0) is 37.8 Å². The quantitative estimate of drug-likeness (QED) is 0.814. The van der Waals surface area contributed by atoms with Gasteiger partial charge in [0.2, 0.25) is 0 Å². The molecule has 1 heterocycles. The second-order valence-electron chi connectivity index (χ2n) is 4.97. The fraction of sp³-hybridized carbons (Fsp3) is 0.600. The average Bonchev–Trinajstić information content (AvgIpc) is 2.46. The lowest BCUT2D eigenvalue weighted by Crippen LogP contribution is -2.38. The SMILES string of the molecule is C[C@@H](NCCOc1ccccc1Cl)C1CCOCC1.